The van der Waals surface area contributed by atoms with Crippen LogP contribution in [-0.4, -0.2) is 31.1 Å². The minimum atomic E-state index is 0.232. The molecule has 1 unspecified atom stereocenters. The van der Waals surface area contributed by atoms with Crippen molar-refractivity contribution in [2.75, 3.05) is 11.9 Å². The van der Waals surface area contributed by atoms with Gasteiger partial charge in [-0.3, -0.25) is 4.68 Å². The predicted octanol–water partition coefficient (Wildman–Crippen LogP) is 2.36. The summed E-state index contributed by atoms with van der Waals surface area (Å²) in [6, 6.07) is 4.36. The lowest BCUT2D eigenvalue weighted by molar-refractivity contribution is 0.484. The van der Waals surface area contributed by atoms with Crippen LogP contribution < -0.4 is 5.32 Å². The van der Waals surface area contributed by atoms with E-state index >= 15 is 0 Å². The molecule has 0 saturated carbocycles. The molecule has 0 amide bonds. The lowest BCUT2D eigenvalue weighted by Gasteiger charge is -2.24. The highest BCUT2D eigenvalue weighted by atomic mass is 15.4. The van der Waals surface area contributed by atoms with Crippen molar-refractivity contribution in [2.45, 2.75) is 32.9 Å². The minimum Gasteiger partial charge on any atom is -0.370 e. The number of fused-ring (bicyclic) bond motifs is 3. The standard InChI is InChI=1S/C15H18N6/c1-3-20-9-11(8-17-20)13-6-7-16-15-12-5-4-10(2)18-14(12)19-21(13)15/h4-5,8-9,13,16H,3,6-7H2,1-2H3. The molecule has 1 atom stereocenters. The molecule has 1 aliphatic heterocycles. The fourth-order valence-corrected chi connectivity index (χ4v) is 2.96. The molecular formula is C15H18N6. The zero-order chi connectivity index (χ0) is 14.4. The van der Waals surface area contributed by atoms with Gasteiger partial charge in [-0.1, -0.05) is 0 Å². The van der Waals surface area contributed by atoms with E-state index in [0.717, 1.165) is 42.1 Å². The van der Waals surface area contributed by atoms with E-state index in [1.165, 1.54) is 5.56 Å². The number of nitrogens with one attached hydrogen (secondary N) is 1. The van der Waals surface area contributed by atoms with Gasteiger partial charge in [0.1, 0.15) is 5.82 Å². The maximum Gasteiger partial charge on any atom is 0.183 e. The van der Waals surface area contributed by atoms with Crippen LogP contribution in [0.2, 0.25) is 0 Å². The summed E-state index contributed by atoms with van der Waals surface area (Å²) in [4.78, 5) is 4.54. The average Bonchev–Trinajstić information content (AvgIpc) is 3.10. The lowest BCUT2D eigenvalue weighted by Crippen LogP contribution is -2.24. The summed E-state index contributed by atoms with van der Waals surface area (Å²) in [5.74, 6) is 1.07. The Morgan fingerprint density at radius 2 is 2.29 bits per heavy atom. The van der Waals surface area contributed by atoms with Gasteiger partial charge in [-0.05, 0) is 32.4 Å². The first-order valence-corrected chi connectivity index (χ1v) is 7.38. The van der Waals surface area contributed by atoms with Crippen molar-refractivity contribution in [1.82, 2.24) is 24.5 Å². The highest BCUT2D eigenvalue weighted by Crippen LogP contribution is 2.33. The van der Waals surface area contributed by atoms with Crippen LogP contribution >= 0.6 is 0 Å². The molecule has 0 aromatic carbocycles. The Bertz CT molecular complexity index is 800. The van der Waals surface area contributed by atoms with Gasteiger partial charge in [0.05, 0.1) is 17.6 Å². The fourth-order valence-electron chi connectivity index (χ4n) is 2.96. The molecular weight excluding hydrogens is 264 g/mol. The molecule has 108 valence electrons. The van der Waals surface area contributed by atoms with Crippen molar-refractivity contribution in [1.29, 1.82) is 0 Å². The molecule has 0 saturated heterocycles. The van der Waals surface area contributed by atoms with Crippen molar-refractivity contribution < 1.29 is 0 Å². The molecule has 21 heavy (non-hydrogen) atoms. The quantitative estimate of drug-likeness (QED) is 0.784. The molecule has 3 aromatic rings. The predicted molar refractivity (Wildman–Crippen MR) is 81.4 cm³/mol. The third-order valence-corrected chi connectivity index (χ3v) is 4.07. The highest BCUT2D eigenvalue weighted by molar-refractivity contribution is 5.88. The average molecular weight is 282 g/mol. The molecule has 0 bridgehead atoms. The Morgan fingerprint density at radius 3 is 3.10 bits per heavy atom. The van der Waals surface area contributed by atoms with E-state index in [4.69, 9.17) is 5.10 Å². The van der Waals surface area contributed by atoms with Crippen molar-refractivity contribution in [3.63, 3.8) is 0 Å². The molecule has 4 rings (SSSR count). The van der Waals surface area contributed by atoms with Gasteiger partial charge >= 0.3 is 0 Å². The number of aryl methyl sites for hydroxylation is 2. The first-order valence-electron chi connectivity index (χ1n) is 7.38. The smallest absolute Gasteiger partial charge is 0.183 e. The van der Waals surface area contributed by atoms with Gasteiger partial charge in [0.25, 0.3) is 0 Å². The van der Waals surface area contributed by atoms with Crippen LogP contribution in [0.4, 0.5) is 5.82 Å². The molecule has 0 fully saturated rings. The van der Waals surface area contributed by atoms with Gasteiger partial charge in [-0.15, -0.1) is 5.10 Å². The van der Waals surface area contributed by atoms with Gasteiger partial charge in [0.2, 0.25) is 0 Å². The van der Waals surface area contributed by atoms with Crippen molar-refractivity contribution >= 4 is 16.9 Å². The zero-order valence-corrected chi connectivity index (χ0v) is 12.2. The SMILES string of the molecule is CCn1cc(C2CCNc3c4ccc(C)nc4nn32)cn1. The van der Waals surface area contributed by atoms with Crippen LogP contribution in [0.3, 0.4) is 0 Å². The van der Waals surface area contributed by atoms with Crippen molar-refractivity contribution in [2.24, 2.45) is 0 Å². The topological polar surface area (TPSA) is 60.6 Å². The van der Waals surface area contributed by atoms with E-state index in [2.05, 4.69) is 39.3 Å². The van der Waals surface area contributed by atoms with Crippen LogP contribution in [-0.2, 0) is 6.54 Å². The van der Waals surface area contributed by atoms with Gasteiger partial charge in [0, 0.05) is 30.5 Å². The molecule has 0 spiro atoms. The van der Waals surface area contributed by atoms with E-state index < -0.39 is 0 Å². The molecule has 0 aliphatic carbocycles. The number of hydrogen-bond donors (Lipinski definition) is 1. The Morgan fingerprint density at radius 1 is 1.38 bits per heavy atom. The molecule has 1 N–H and O–H groups in total. The van der Waals surface area contributed by atoms with Crippen LogP contribution in [0.5, 0.6) is 0 Å². The summed E-state index contributed by atoms with van der Waals surface area (Å²) >= 11 is 0. The molecule has 1 aliphatic rings. The first kappa shape index (κ1) is 12.4. The number of hydrogen-bond acceptors (Lipinski definition) is 4. The van der Waals surface area contributed by atoms with Crippen LogP contribution in [0.1, 0.15) is 30.6 Å². The van der Waals surface area contributed by atoms with E-state index in [9.17, 15) is 0 Å². The van der Waals surface area contributed by atoms with Crippen LogP contribution in [0.15, 0.2) is 24.5 Å². The van der Waals surface area contributed by atoms with Gasteiger partial charge in [-0.2, -0.15) is 5.10 Å². The number of pyridine rings is 1. The maximum absolute atomic E-state index is 4.71. The van der Waals surface area contributed by atoms with E-state index in [1.54, 1.807) is 0 Å². The second-order valence-corrected chi connectivity index (χ2v) is 5.48. The summed E-state index contributed by atoms with van der Waals surface area (Å²) in [6.45, 7) is 5.92. The number of aromatic nitrogens is 5. The minimum absolute atomic E-state index is 0.232. The number of anilines is 1. The number of nitrogens with zero attached hydrogens (tertiary/aromatic N) is 5. The highest BCUT2D eigenvalue weighted by Gasteiger charge is 2.25. The monoisotopic (exact) mass is 282 g/mol. The Kier molecular flexibility index (Phi) is 2.70. The van der Waals surface area contributed by atoms with E-state index in [-0.39, 0.29) is 6.04 Å². The van der Waals surface area contributed by atoms with Gasteiger partial charge < -0.3 is 5.32 Å². The summed E-state index contributed by atoms with van der Waals surface area (Å²) in [5, 5.41) is 13.7. The molecule has 4 heterocycles. The second kappa shape index (κ2) is 4.58. The third kappa shape index (κ3) is 1.90. The van der Waals surface area contributed by atoms with Crippen LogP contribution in [0.25, 0.3) is 11.0 Å². The third-order valence-electron chi connectivity index (χ3n) is 4.07. The lowest BCUT2D eigenvalue weighted by atomic mass is 10.1. The number of rotatable bonds is 2. The van der Waals surface area contributed by atoms with E-state index in [1.807, 2.05) is 23.9 Å². The van der Waals surface area contributed by atoms with Gasteiger partial charge in [0.15, 0.2) is 5.65 Å². The first-order chi connectivity index (χ1) is 10.3. The zero-order valence-electron chi connectivity index (χ0n) is 12.2. The molecule has 6 heteroatoms. The largest absolute Gasteiger partial charge is 0.370 e. The van der Waals surface area contributed by atoms with Gasteiger partial charge in [-0.25, -0.2) is 9.67 Å². The Hall–Kier alpha value is -2.37. The fraction of sp³-hybridized carbons (Fsp3) is 0.400. The second-order valence-electron chi connectivity index (χ2n) is 5.48. The maximum atomic E-state index is 4.71. The Labute approximate surface area is 122 Å². The van der Waals surface area contributed by atoms with Crippen molar-refractivity contribution in [3.05, 3.63) is 35.8 Å². The molecule has 0 radical (unpaired) electrons. The Balaban J connectivity index is 1.85. The molecule has 6 nitrogen and oxygen atoms in total. The summed E-state index contributed by atoms with van der Waals surface area (Å²) < 4.78 is 4.03. The normalized spacial score (nSPS) is 17.7. The van der Waals surface area contributed by atoms with Crippen LogP contribution in [0, 0.1) is 6.92 Å². The summed E-state index contributed by atoms with van der Waals surface area (Å²) in [7, 11) is 0. The van der Waals surface area contributed by atoms with E-state index in [0.29, 0.717) is 0 Å². The summed E-state index contributed by atoms with van der Waals surface area (Å²) in [5.41, 5.74) is 3.02. The van der Waals surface area contributed by atoms with Crippen molar-refractivity contribution in [3.8, 4) is 0 Å². The summed E-state index contributed by atoms with van der Waals surface area (Å²) in [6.07, 6.45) is 5.08. The molecule has 3 aromatic heterocycles.